The summed E-state index contributed by atoms with van der Waals surface area (Å²) in [5.74, 6) is 1.57. The standard InChI is InChI=1S/C17H27N3O2/c1-2-3-12-22-16-6-4-15(5-7-16)8-9-19-17(18)20-10-13-21-14-11-20/h4-7H,2-3,8-14H2,1H3,(H2,18,19). The first-order chi connectivity index (χ1) is 10.8. The molecule has 0 atom stereocenters. The molecule has 1 aromatic carbocycles. The molecule has 0 aromatic heterocycles. The summed E-state index contributed by atoms with van der Waals surface area (Å²) in [4.78, 5) is 6.54. The minimum absolute atomic E-state index is 0.628. The van der Waals surface area contributed by atoms with Crippen molar-refractivity contribution in [2.75, 3.05) is 39.5 Å². The van der Waals surface area contributed by atoms with Crippen LogP contribution in [0.1, 0.15) is 25.3 Å². The fourth-order valence-electron chi connectivity index (χ4n) is 2.28. The van der Waals surface area contributed by atoms with Crippen LogP contribution in [0.25, 0.3) is 0 Å². The van der Waals surface area contributed by atoms with Gasteiger partial charge in [0.2, 0.25) is 0 Å². The number of guanidine groups is 1. The van der Waals surface area contributed by atoms with Gasteiger partial charge in [0, 0.05) is 19.6 Å². The number of benzene rings is 1. The van der Waals surface area contributed by atoms with Crippen molar-refractivity contribution in [1.82, 2.24) is 4.90 Å². The largest absolute Gasteiger partial charge is 0.494 e. The van der Waals surface area contributed by atoms with E-state index in [0.717, 1.165) is 57.9 Å². The highest BCUT2D eigenvalue weighted by Gasteiger charge is 2.11. The Morgan fingerprint density at radius 1 is 1.27 bits per heavy atom. The number of aliphatic imine (C=N–C) groups is 1. The molecular formula is C17H27N3O2. The lowest BCUT2D eigenvalue weighted by atomic mass is 10.1. The molecule has 1 saturated heterocycles. The third-order valence-electron chi connectivity index (χ3n) is 3.70. The van der Waals surface area contributed by atoms with E-state index in [1.54, 1.807) is 0 Å². The third-order valence-corrected chi connectivity index (χ3v) is 3.70. The highest BCUT2D eigenvalue weighted by atomic mass is 16.5. The van der Waals surface area contributed by atoms with Crippen LogP contribution in [0.4, 0.5) is 0 Å². The van der Waals surface area contributed by atoms with Crippen LogP contribution in [0.15, 0.2) is 29.3 Å². The van der Waals surface area contributed by atoms with E-state index >= 15 is 0 Å². The molecule has 1 heterocycles. The number of hydrogen-bond donors (Lipinski definition) is 1. The van der Waals surface area contributed by atoms with Gasteiger partial charge in [-0.25, -0.2) is 0 Å². The van der Waals surface area contributed by atoms with E-state index in [4.69, 9.17) is 15.2 Å². The Morgan fingerprint density at radius 3 is 2.68 bits per heavy atom. The van der Waals surface area contributed by atoms with Crippen LogP contribution in [0.2, 0.25) is 0 Å². The van der Waals surface area contributed by atoms with Crippen molar-refractivity contribution in [2.45, 2.75) is 26.2 Å². The van der Waals surface area contributed by atoms with Gasteiger partial charge in [-0.05, 0) is 30.5 Å². The molecule has 0 spiro atoms. The number of morpholine rings is 1. The van der Waals surface area contributed by atoms with Crippen molar-refractivity contribution >= 4 is 5.96 Å². The van der Waals surface area contributed by atoms with Crippen LogP contribution in [-0.2, 0) is 11.2 Å². The molecule has 1 fully saturated rings. The summed E-state index contributed by atoms with van der Waals surface area (Å²) in [5, 5.41) is 0. The molecule has 0 bridgehead atoms. The normalized spacial score (nSPS) is 15.9. The number of nitrogens with two attached hydrogens (primary N) is 1. The molecule has 0 amide bonds. The van der Waals surface area contributed by atoms with E-state index in [1.165, 1.54) is 5.56 Å². The monoisotopic (exact) mass is 305 g/mol. The van der Waals surface area contributed by atoms with Gasteiger partial charge in [-0.3, -0.25) is 4.99 Å². The quantitative estimate of drug-likeness (QED) is 0.476. The molecule has 5 nitrogen and oxygen atoms in total. The first-order valence-corrected chi connectivity index (χ1v) is 8.14. The van der Waals surface area contributed by atoms with E-state index in [0.29, 0.717) is 12.5 Å². The fraction of sp³-hybridized carbons (Fsp3) is 0.588. The zero-order valence-electron chi connectivity index (χ0n) is 13.5. The summed E-state index contributed by atoms with van der Waals surface area (Å²) in [7, 11) is 0. The van der Waals surface area contributed by atoms with E-state index in [9.17, 15) is 0 Å². The van der Waals surface area contributed by atoms with Gasteiger partial charge in [-0.2, -0.15) is 0 Å². The Hall–Kier alpha value is -1.75. The van der Waals surface area contributed by atoms with Crippen molar-refractivity contribution in [3.8, 4) is 5.75 Å². The highest BCUT2D eigenvalue weighted by Crippen LogP contribution is 2.13. The van der Waals surface area contributed by atoms with Crippen LogP contribution in [0, 0.1) is 0 Å². The summed E-state index contributed by atoms with van der Waals surface area (Å²) in [6.07, 6.45) is 3.14. The average Bonchev–Trinajstić information content (AvgIpc) is 2.57. The maximum Gasteiger partial charge on any atom is 0.191 e. The number of ether oxygens (including phenoxy) is 2. The van der Waals surface area contributed by atoms with Gasteiger partial charge in [-0.15, -0.1) is 0 Å². The molecule has 2 N–H and O–H groups in total. The van der Waals surface area contributed by atoms with E-state index in [2.05, 4.69) is 28.9 Å². The maximum atomic E-state index is 6.01. The molecule has 1 aliphatic heterocycles. The molecule has 1 aliphatic rings. The van der Waals surface area contributed by atoms with Crippen molar-refractivity contribution < 1.29 is 9.47 Å². The van der Waals surface area contributed by atoms with Crippen LogP contribution >= 0.6 is 0 Å². The van der Waals surface area contributed by atoms with Crippen molar-refractivity contribution in [1.29, 1.82) is 0 Å². The topological polar surface area (TPSA) is 60.1 Å². The van der Waals surface area contributed by atoms with E-state index in [1.807, 2.05) is 12.1 Å². The van der Waals surface area contributed by atoms with E-state index in [-0.39, 0.29) is 0 Å². The van der Waals surface area contributed by atoms with Crippen LogP contribution in [0.5, 0.6) is 5.75 Å². The summed E-state index contributed by atoms with van der Waals surface area (Å²) in [6.45, 7) is 6.79. The Kier molecular flexibility index (Phi) is 7.03. The number of unbranched alkanes of at least 4 members (excludes halogenated alkanes) is 1. The zero-order valence-corrected chi connectivity index (χ0v) is 13.5. The van der Waals surface area contributed by atoms with Gasteiger partial charge in [0.15, 0.2) is 5.96 Å². The Morgan fingerprint density at radius 2 is 2.00 bits per heavy atom. The molecule has 122 valence electrons. The lowest BCUT2D eigenvalue weighted by Crippen LogP contribution is -2.44. The van der Waals surface area contributed by atoms with Crippen LogP contribution in [-0.4, -0.2) is 50.3 Å². The number of rotatable bonds is 7. The molecule has 5 heteroatoms. The average molecular weight is 305 g/mol. The minimum atomic E-state index is 0.628. The smallest absolute Gasteiger partial charge is 0.191 e. The molecular weight excluding hydrogens is 278 g/mol. The molecule has 22 heavy (non-hydrogen) atoms. The summed E-state index contributed by atoms with van der Waals surface area (Å²) >= 11 is 0. The minimum Gasteiger partial charge on any atom is -0.494 e. The van der Waals surface area contributed by atoms with Crippen molar-refractivity contribution in [2.24, 2.45) is 10.7 Å². The van der Waals surface area contributed by atoms with Gasteiger partial charge >= 0.3 is 0 Å². The van der Waals surface area contributed by atoms with Crippen LogP contribution in [0.3, 0.4) is 0 Å². The lowest BCUT2D eigenvalue weighted by molar-refractivity contribution is 0.0674. The van der Waals surface area contributed by atoms with Gasteiger partial charge in [0.1, 0.15) is 5.75 Å². The predicted molar refractivity (Wildman–Crippen MR) is 89.4 cm³/mol. The van der Waals surface area contributed by atoms with Gasteiger partial charge < -0.3 is 20.1 Å². The zero-order chi connectivity index (χ0) is 15.6. The SMILES string of the molecule is CCCCOc1ccc(CCN=C(N)N2CCOCC2)cc1. The van der Waals surface area contributed by atoms with E-state index < -0.39 is 0 Å². The van der Waals surface area contributed by atoms with Crippen LogP contribution < -0.4 is 10.5 Å². The predicted octanol–water partition coefficient (Wildman–Crippen LogP) is 2.05. The Balaban J connectivity index is 1.74. The first-order valence-electron chi connectivity index (χ1n) is 8.14. The maximum absolute atomic E-state index is 6.01. The number of hydrogen-bond acceptors (Lipinski definition) is 3. The molecule has 0 aliphatic carbocycles. The second kappa shape index (κ2) is 9.30. The molecule has 1 aromatic rings. The van der Waals surface area contributed by atoms with Gasteiger partial charge in [0.25, 0.3) is 0 Å². The van der Waals surface area contributed by atoms with Crippen molar-refractivity contribution in [3.05, 3.63) is 29.8 Å². The molecule has 0 saturated carbocycles. The second-order valence-corrected chi connectivity index (χ2v) is 5.44. The third kappa shape index (κ3) is 5.56. The summed E-state index contributed by atoms with van der Waals surface area (Å²) in [5.41, 5.74) is 7.26. The first kappa shape index (κ1) is 16.6. The Labute approximate surface area is 133 Å². The van der Waals surface area contributed by atoms with Crippen molar-refractivity contribution in [3.63, 3.8) is 0 Å². The lowest BCUT2D eigenvalue weighted by Gasteiger charge is -2.27. The summed E-state index contributed by atoms with van der Waals surface area (Å²) < 4.78 is 11.0. The molecule has 2 rings (SSSR count). The highest BCUT2D eigenvalue weighted by molar-refractivity contribution is 5.78. The van der Waals surface area contributed by atoms with Gasteiger partial charge in [-0.1, -0.05) is 25.5 Å². The fourth-order valence-corrected chi connectivity index (χ4v) is 2.28. The second-order valence-electron chi connectivity index (χ2n) is 5.44. The Bertz CT molecular complexity index is 453. The number of nitrogens with zero attached hydrogens (tertiary/aromatic N) is 2. The summed E-state index contributed by atoms with van der Waals surface area (Å²) in [6, 6.07) is 8.25. The molecule has 0 radical (unpaired) electrons. The molecule has 0 unspecified atom stereocenters. The van der Waals surface area contributed by atoms with Gasteiger partial charge in [0.05, 0.1) is 19.8 Å².